The lowest BCUT2D eigenvalue weighted by molar-refractivity contribution is 0.217. The molecule has 2 rings (SSSR count). The van der Waals surface area contributed by atoms with E-state index in [1.807, 2.05) is 0 Å². The summed E-state index contributed by atoms with van der Waals surface area (Å²) in [6.45, 7) is 7.46. The molecule has 2 atom stereocenters. The maximum atomic E-state index is 12.2. The first kappa shape index (κ1) is 15.5. The van der Waals surface area contributed by atoms with Crippen LogP contribution in [-0.4, -0.2) is 47.1 Å². The fraction of sp³-hybridized carbons (Fsp3) is 0.769. The van der Waals surface area contributed by atoms with Crippen molar-refractivity contribution in [2.75, 3.05) is 13.1 Å². The summed E-state index contributed by atoms with van der Waals surface area (Å²) in [6, 6.07) is 0.332. The van der Waals surface area contributed by atoms with Gasteiger partial charge in [0.2, 0.25) is 10.0 Å². The summed E-state index contributed by atoms with van der Waals surface area (Å²) in [5.41, 5.74) is 0. The summed E-state index contributed by atoms with van der Waals surface area (Å²) >= 11 is 0. The molecule has 114 valence electrons. The number of nitrogens with zero attached hydrogens (tertiary/aromatic N) is 2. The van der Waals surface area contributed by atoms with Crippen LogP contribution in [0.4, 0.5) is 0 Å². The van der Waals surface area contributed by atoms with E-state index < -0.39 is 10.0 Å². The Hall–Kier alpha value is -0.920. The van der Waals surface area contributed by atoms with E-state index >= 15 is 0 Å². The molecule has 0 amide bonds. The van der Waals surface area contributed by atoms with Crippen LogP contribution >= 0.6 is 0 Å². The normalized spacial score (nSPS) is 25.2. The van der Waals surface area contributed by atoms with Crippen molar-refractivity contribution in [3.8, 4) is 0 Å². The quantitative estimate of drug-likeness (QED) is 0.848. The van der Waals surface area contributed by atoms with Crippen LogP contribution in [0.25, 0.3) is 0 Å². The van der Waals surface area contributed by atoms with Crippen molar-refractivity contribution in [3.05, 3.63) is 18.2 Å². The van der Waals surface area contributed by atoms with Gasteiger partial charge in [0.1, 0.15) is 5.82 Å². The molecule has 1 aliphatic rings. The summed E-state index contributed by atoms with van der Waals surface area (Å²) < 4.78 is 26.0. The highest BCUT2D eigenvalue weighted by Crippen LogP contribution is 2.21. The number of aromatic amines is 1. The Labute approximate surface area is 121 Å². The van der Waals surface area contributed by atoms with E-state index in [1.54, 1.807) is 30.5 Å². The van der Waals surface area contributed by atoms with Gasteiger partial charge in [0, 0.05) is 31.5 Å². The molecule has 0 spiro atoms. The van der Waals surface area contributed by atoms with Gasteiger partial charge in [-0.2, -0.15) is 0 Å². The Bertz CT molecular complexity index is 512. The zero-order valence-corrected chi connectivity index (χ0v) is 13.2. The Morgan fingerprint density at radius 1 is 1.55 bits per heavy atom. The molecule has 20 heavy (non-hydrogen) atoms. The summed E-state index contributed by atoms with van der Waals surface area (Å²) in [6.07, 6.45) is 4.38. The number of nitrogens with one attached hydrogen (secondary N) is 2. The summed E-state index contributed by atoms with van der Waals surface area (Å²) in [5.74, 6) is 1.21. The third-order valence-electron chi connectivity index (χ3n) is 3.91. The Morgan fingerprint density at radius 2 is 2.30 bits per heavy atom. The Balaban J connectivity index is 1.89. The van der Waals surface area contributed by atoms with Gasteiger partial charge >= 0.3 is 0 Å². The molecule has 1 aliphatic heterocycles. The third kappa shape index (κ3) is 3.39. The summed E-state index contributed by atoms with van der Waals surface area (Å²) in [4.78, 5) is 7.24. The zero-order valence-electron chi connectivity index (χ0n) is 12.3. The van der Waals surface area contributed by atoms with Crippen molar-refractivity contribution in [1.82, 2.24) is 19.6 Å². The van der Waals surface area contributed by atoms with E-state index in [2.05, 4.69) is 22.2 Å². The van der Waals surface area contributed by atoms with Crippen molar-refractivity contribution in [3.63, 3.8) is 0 Å². The first-order valence-electron chi connectivity index (χ1n) is 7.12. The SMILES string of the molecule is CC(C)S(=O)(=O)N1CC[C@H](NCc2ncc[nH]2)[C@H](C)C1. The first-order valence-corrected chi connectivity index (χ1v) is 8.62. The standard InChI is InChI=1S/C13H24N4O2S/c1-10(2)20(18,19)17-7-4-12(11(3)9-17)16-8-13-14-5-6-15-13/h5-6,10-12,16H,4,7-9H2,1-3H3,(H,14,15)/t11-,12+/m1/s1. The van der Waals surface area contributed by atoms with Gasteiger partial charge in [-0.15, -0.1) is 0 Å². The number of piperidine rings is 1. The fourth-order valence-electron chi connectivity index (χ4n) is 2.56. The molecule has 1 aromatic heterocycles. The number of aromatic nitrogens is 2. The molecule has 2 heterocycles. The molecule has 0 aromatic carbocycles. The van der Waals surface area contributed by atoms with E-state index in [-0.39, 0.29) is 5.25 Å². The number of hydrogen-bond acceptors (Lipinski definition) is 4. The second-order valence-corrected chi connectivity index (χ2v) is 8.23. The van der Waals surface area contributed by atoms with Crippen LogP contribution < -0.4 is 5.32 Å². The lowest BCUT2D eigenvalue weighted by Gasteiger charge is -2.37. The van der Waals surface area contributed by atoms with E-state index in [0.29, 0.717) is 31.6 Å². The molecule has 0 saturated carbocycles. The van der Waals surface area contributed by atoms with E-state index in [1.165, 1.54) is 0 Å². The predicted octanol–water partition coefficient (Wildman–Crippen LogP) is 0.948. The smallest absolute Gasteiger partial charge is 0.216 e. The molecule has 1 aromatic rings. The van der Waals surface area contributed by atoms with Gasteiger partial charge in [-0.05, 0) is 26.2 Å². The lowest BCUT2D eigenvalue weighted by Crippen LogP contribution is -2.51. The van der Waals surface area contributed by atoms with Crippen LogP contribution in [0, 0.1) is 5.92 Å². The van der Waals surface area contributed by atoms with Gasteiger partial charge in [0.05, 0.1) is 11.8 Å². The molecule has 2 N–H and O–H groups in total. The van der Waals surface area contributed by atoms with Gasteiger partial charge in [-0.25, -0.2) is 17.7 Å². The monoisotopic (exact) mass is 300 g/mol. The maximum Gasteiger partial charge on any atom is 0.216 e. The van der Waals surface area contributed by atoms with Crippen LogP contribution in [0.3, 0.4) is 0 Å². The van der Waals surface area contributed by atoms with Crippen molar-refractivity contribution >= 4 is 10.0 Å². The van der Waals surface area contributed by atoms with Crippen LogP contribution in [0.15, 0.2) is 12.4 Å². The minimum Gasteiger partial charge on any atom is -0.348 e. The Morgan fingerprint density at radius 3 is 2.85 bits per heavy atom. The van der Waals surface area contributed by atoms with Crippen molar-refractivity contribution < 1.29 is 8.42 Å². The largest absolute Gasteiger partial charge is 0.348 e. The molecule has 7 heteroatoms. The number of imidazole rings is 1. The molecular formula is C13H24N4O2S. The highest BCUT2D eigenvalue weighted by Gasteiger charge is 2.33. The third-order valence-corrected chi connectivity index (χ3v) is 6.15. The second-order valence-electron chi connectivity index (χ2n) is 5.74. The van der Waals surface area contributed by atoms with Gasteiger partial charge in [0.25, 0.3) is 0 Å². The van der Waals surface area contributed by atoms with Crippen molar-refractivity contribution in [2.45, 2.75) is 45.0 Å². The number of rotatable bonds is 5. The highest BCUT2D eigenvalue weighted by molar-refractivity contribution is 7.89. The minimum atomic E-state index is -3.13. The number of H-pyrrole nitrogens is 1. The molecule has 0 bridgehead atoms. The molecule has 0 unspecified atom stereocenters. The average molecular weight is 300 g/mol. The van der Waals surface area contributed by atoms with Gasteiger partial charge in [-0.3, -0.25) is 0 Å². The molecule has 1 fully saturated rings. The zero-order chi connectivity index (χ0) is 14.8. The van der Waals surface area contributed by atoms with Crippen LogP contribution in [0.2, 0.25) is 0 Å². The van der Waals surface area contributed by atoms with E-state index in [9.17, 15) is 8.42 Å². The van der Waals surface area contributed by atoms with E-state index in [4.69, 9.17) is 0 Å². The van der Waals surface area contributed by atoms with Crippen LogP contribution in [0.5, 0.6) is 0 Å². The average Bonchev–Trinajstić information content (AvgIpc) is 2.90. The second kappa shape index (κ2) is 6.24. The molecule has 0 radical (unpaired) electrons. The Kier molecular flexibility index (Phi) is 4.82. The van der Waals surface area contributed by atoms with Gasteiger partial charge in [0.15, 0.2) is 0 Å². The number of sulfonamides is 1. The summed E-state index contributed by atoms with van der Waals surface area (Å²) in [7, 11) is -3.13. The van der Waals surface area contributed by atoms with Crippen LogP contribution in [-0.2, 0) is 16.6 Å². The maximum absolute atomic E-state index is 12.2. The predicted molar refractivity (Wildman–Crippen MR) is 78.6 cm³/mol. The topological polar surface area (TPSA) is 78.1 Å². The van der Waals surface area contributed by atoms with Crippen LogP contribution in [0.1, 0.15) is 33.0 Å². The fourth-order valence-corrected chi connectivity index (χ4v) is 3.96. The molecule has 1 saturated heterocycles. The first-order chi connectivity index (χ1) is 9.41. The summed E-state index contributed by atoms with van der Waals surface area (Å²) in [5, 5.41) is 3.11. The number of hydrogen-bond donors (Lipinski definition) is 2. The van der Waals surface area contributed by atoms with Crippen molar-refractivity contribution in [1.29, 1.82) is 0 Å². The molecule has 0 aliphatic carbocycles. The van der Waals surface area contributed by atoms with E-state index in [0.717, 1.165) is 12.2 Å². The van der Waals surface area contributed by atoms with Crippen molar-refractivity contribution in [2.24, 2.45) is 5.92 Å². The van der Waals surface area contributed by atoms with Gasteiger partial charge in [-0.1, -0.05) is 6.92 Å². The minimum absolute atomic E-state index is 0.298. The molecular weight excluding hydrogens is 276 g/mol. The van der Waals surface area contributed by atoms with Gasteiger partial charge < -0.3 is 10.3 Å². The highest BCUT2D eigenvalue weighted by atomic mass is 32.2. The lowest BCUT2D eigenvalue weighted by atomic mass is 9.95. The molecule has 6 nitrogen and oxygen atoms in total.